The van der Waals surface area contributed by atoms with Crippen molar-refractivity contribution in [2.24, 2.45) is 0 Å². The molecule has 0 spiro atoms. The van der Waals surface area contributed by atoms with Gasteiger partial charge in [-0.2, -0.15) is 0 Å². The average Bonchev–Trinajstić information content (AvgIpc) is 4.01. The van der Waals surface area contributed by atoms with E-state index in [0.717, 1.165) is 50.2 Å². The van der Waals surface area contributed by atoms with Gasteiger partial charge in [0.15, 0.2) is 0 Å². The van der Waals surface area contributed by atoms with Gasteiger partial charge in [0.1, 0.15) is 0 Å². The van der Waals surface area contributed by atoms with E-state index >= 15 is 0 Å². The molecule has 0 saturated carbocycles. The number of benzene rings is 10. The quantitative estimate of drug-likeness (QED) is 0.132. The van der Waals surface area contributed by atoms with Gasteiger partial charge in [0.05, 0.1) is 32.6 Å². The van der Waals surface area contributed by atoms with Gasteiger partial charge < -0.3 is 9.13 Å². The van der Waals surface area contributed by atoms with E-state index in [4.69, 9.17) is 0 Å². The first-order valence-electron chi connectivity index (χ1n) is 21.0. The molecule has 1 aliphatic rings. The van der Waals surface area contributed by atoms with Gasteiger partial charge in [-0.1, -0.05) is 158 Å². The molecular weight excluding hydrogens is 759 g/mol. The zero-order chi connectivity index (χ0) is 41.3. The number of fused-ring (bicyclic) bond motifs is 15. The third-order valence-corrected chi connectivity index (χ3v) is 12.7. The van der Waals surface area contributed by atoms with Crippen LogP contribution in [0.3, 0.4) is 0 Å². The Morgan fingerprint density at radius 3 is 1.56 bits per heavy atom. The number of para-hydroxylation sites is 5. The first kappa shape index (κ1) is 35.6. The fraction of sp³-hybridized carbons (Fsp3) is 0.0175. The largest absolute Gasteiger partial charge is 0.309 e. The van der Waals surface area contributed by atoms with E-state index in [1.165, 1.54) is 60.5 Å². The van der Waals surface area contributed by atoms with E-state index < -0.39 is 0 Å². The molecule has 0 atom stereocenters. The van der Waals surface area contributed by atoms with Crippen LogP contribution in [-0.4, -0.2) is 14.1 Å². The summed E-state index contributed by atoms with van der Waals surface area (Å²) in [5.74, 6) is 0. The van der Waals surface area contributed by atoms with Gasteiger partial charge in [-0.15, -0.1) is 0 Å². The van der Waals surface area contributed by atoms with Crippen molar-refractivity contribution < 1.29 is 4.92 Å². The highest BCUT2D eigenvalue weighted by Gasteiger charge is 2.28. The van der Waals surface area contributed by atoms with E-state index in [0.29, 0.717) is 5.56 Å². The summed E-state index contributed by atoms with van der Waals surface area (Å²) >= 11 is 0. The summed E-state index contributed by atoms with van der Waals surface area (Å²) in [6, 6.07) is 73.4. The topological polar surface area (TPSA) is 53.0 Å². The standard InChI is InChI=1S/C29H19N.C28H18N2O2/c1-2-11-20(12-3-1)30-26-17-9-8-16-24(26)28-25-18-19-10-4-5-13-21(19)27(25)22-14-6-7-15-23(22)29(28)30;31-30(32)27-17-9-7-13-21(27)24-18-25-22-14-6-8-16-26(22)29(19-10-2-1-3-11-19)28(25)23-15-5-4-12-20(23)24/h1-17H,18H2;1-18H. The molecule has 292 valence electrons. The predicted octanol–water partition coefficient (Wildman–Crippen LogP) is 15.0. The highest BCUT2D eigenvalue weighted by atomic mass is 16.6. The van der Waals surface area contributed by atoms with Gasteiger partial charge in [0.2, 0.25) is 0 Å². The Hall–Kier alpha value is -8.28. The molecule has 0 aliphatic heterocycles. The summed E-state index contributed by atoms with van der Waals surface area (Å²) in [4.78, 5) is 11.5. The SMILES string of the molecule is O=[N+]([O-])c1ccccc1-c1cc2c3ccccc3n(-c3ccccc3)c2c2ccccc12.c1ccc(-n2c3ccccc3c3c4c(c5ccccc5c32)-c2ccccc2C4)cc1. The molecule has 0 saturated heterocycles. The molecule has 2 heterocycles. The van der Waals surface area contributed by atoms with Crippen molar-refractivity contribution in [3.05, 3.63) is 234 Å². The van der Waals surface area contributed by atoms with Crippen LogP contribution in [-0.2, 0) is 6.42 Å². The van der Waals surface area contributed by atoms with Crippen LogP contribution in [0.1, 0.15) is 11.1 Å². The number of nitrogens with zero attached hydrogens (tertiary/aromatic N) is 3. The van der Waals surface area contributed by atoms with Crippen LogP contribution in [0.2, 0.25) is 0 Å². The van der Waals surface area contributed by atoms with E-state index in [1.807, 2.05) is 60.7 Å². The lowest BCUT2D eigenvalue weighted by Crippen LogP contribution is -1.95. The second kappa shape index (κ2) is 14.2. The van der Waals surface area contributed by atoms with Crippen LogP contribution < -0.4 is 0 Å². The Bertz CT molecular complexity index is 3750. The zero-order valence-corrected chi connectivity index (χ0v) is 33.6. The summed E-state index contributed by atoms with van der Waals surface area (Å²) in [6.07, 6.45) is 0.996. The molecule has 0 N–H and O–H groups in total. The summed E-state index contributed by atoms with van der Waals surface area (Å²) in [5, 5.41) is 21.5. The maximum atomic E-state index is 11.8. The number of aromatic nitrogens is 2. The summed E-state index contributed by atoms with van der Waals surface area (Å²) < 4.78 is 4.74. The second-order valence-corrected chi connectivity index (χ2v) is 16.0. The van der Waals surface area contributed by atoms with Crippen molar-refractivity contribution in [3.8, 4) is 33.6 Å². The molecule has 12 aromatic rings. The molecule has 2 aromatic heterocycles. The summed E-state index contributed by atoms with van der Waals surface area (Å²) in [6.45, 7) is 0. The van der Waals surface area contributed by atoms with E-state index in [1.54, 1.807) is 12.1 Å². The van der Waals surface area contributed by atoms with Crippen molar-refractivity contribution in [2.75, 3.05) is 0 Å². The number of hydrogen-bond acceptors (Lipinski definition) is 2. The van der Waals surface area contributed by atoms with Gasteiger partial charge in [-0.25, -0.2) is 0 Å². The molecule has 13 rings (SSSR count). The van der Waals surface area contributed by atoms with Gasteiger partial charge in [-0.05, 0) is 93.5 Å². The van der Waals surface area contributed by atoms with Crippen LogP contribution >= 0.6 is 0 Å². The molecule has 0 fully saturated rings. The Labute approximate surface area is 357 Å². The Morgan fingerprint density at radius 2 is 0.887 bits per heavy atom. The molecule has 62 heavy (non-hydrogen) atoms. The fourth-order valence-electron chi connectivity index (χ4n) is 10.2. The maximum Gasteiger partial charge on any atom is 0.277 e. The molecule has 1 aliphatic carbocycles. The van der Waals surface area contributed by atoms with Crippen LogP contribution in [0.25, 0.3) is 98.8 Å². The third-order valence-electron chi connectivity index (χ3n) is 12.7. The van der Waals surface area contributed by atoms with Crippen LogP contribution in [0.15, 0.2) is 212 Å². The lowest BCUT2D eigenvalue weighted by atomic mass is 9.93. The lowest BCUT2D eigenvalue weighted by molar-refractivity contribution is -0.384. The molecular formula is C57H37N3O2. The fourth-order valence-corrected chi connectivity index (χ4v) is 10.2. The molecule has 10 aromatic carbocycles. The molecule has 0 amide bonds. The summed E-state index contributed by atoms with van der Waals surface area (Å²) in [5.41, 5.74) is 14.4. The predicted molar refractivity (Wildman–Crippen MR) is 257 cm³/mol. The Balaban J connectivity index is 0.000000132. The summed E-state index contributed by atoms with van der Waals surface area (Å²) in [7, 11) is 0. The number of hydrogen-bond donors (Lipinski definition) is 0. The van der Waals surface area contributed by atoms with Crippen molar-refractivity contribution in [1.29, 1.82) is 0 Å². The Morgan fingerprint density at radius 1 is 0.403 bits per heavy atom. The smallest absolute Gasteiger partial charge is 0.277 e. The normalized spacial score (nSPS) is 11.9. The van der Waals surface area contributed by atoms with Crippen molar-refractivity contribution in [1.82, 2.24) is 9.13 Å². The van der Waals surface area contributed by atoms with Crippen molar-refractivity contribution in [3.63, 3.8) is 0 Å². The minimum Gasteiger partial charge on any atom is -0.309 e. The van der Waals surface area contributed by atoms with Crippen LogP contribution in [0.4, 0.5) is 5.69 Å². The van der Waals surface area contributed by atoms with E-state index in [9.17, 15) is 10.1 Å². The second-order valence-electron chi connectivity index (χ2n) is 16.0. The highest BCUT2D eigenvalue weighted by molar-refractivity contribution is 6.25. The molecule has 0 bridgehead atoms. The molecule has 0 unspecified atom stereocenters. The van der Waals surface area contributed by atoms with Gasteiger partial charge in [0.25, 0.3) is 5.69 Å². The van der Waals surface area contributed by atoms with Crippen molar-refractivity contribution in [2.45, 2.75) is 6.42 Å². The van der Waals surface area contributed by atoms with Crippen molar-refractivity contribution >= 4 is 70.8 Å². The van der Waals surface area contributed by atoms with Gasteiger partial charge >= 0.3 is 0 Å². The van der Waals surface area contributed by atoms with Gasteiger partial charge in [0, 0.05) is 49.8 Å². The lowest BCUT2D eigenvalue weighted by Gasteiger charge is -2.13. The minimum atomic E-state index is -0.304. The van der Waals surface area contributed by atoms with E-state index in [2.05, 4.69) is 149 Å². The van der Waals surface area contributed by atoms with Crippen LogP contribution in [0.5, 0.6) is 0 Å². The first-order valence-corrected chi connectivity index (χ1v) is 21.0. The monoisotopic (exact) mass is 795 g/mol. The minimum absolute atomic E-state index is 0.115. The maximum absolute atomic E-state index is 11.8. The molecule has 0 radical (unpaired) electrons. The number of rotatable bonds is 4. The highest BCUT2D eigenvalue weighted by Crippen LogP contribution is 2.49. The third kappa shape index (κ3) is 5.35. The van der Waals surface area contributed by atoms with Gasteiger partial charge in [-0.3, -0.25) is 10.1 Å². The van der Waals surface area contributed by atoms with Crippen LogP contribution in [0, 0.1) is 10.1 Å². The number of nitro benzene ring substituents is 1. The first-order chi connectivity index (χ1) is 30.7. The van der Waals surface area contributed by atoms with E-state index in [-0.39, 0.29) is 10.6 Å². The number of nitro groups is 1. The zero-order valence-electron chi connectivity index (χ0n) is 33.6. The average molecular weight is 796 g/mol. The molecule has 5 nitrogen and oxygen atoms in total. The Kier molecular flexibility index (Phi) is 8.15. The molecule has 5 heteroatoms.